The summed E-state index contributed by atoms with van der Waals surface area (Å²) >= 11 is 5.49. The molecule has 0 saturated heterocycles. The molecule has 1 saturated carbocycles. The first-order chi connectivity index (χ1) is 9.24. The van der Waals surface area contributed by atoms with Gasteiger partial charge in [0.05, 0.1) is 6.04 Å². The summed E-state index contributed by atoms with van der Waals surface area (Å²) in [5, 5.41) is 14.3. The minimum Gasteiger partial charge on any atom is -0.217 e. The predicted octanol–water partition coefficient (Wildman–Crippen LogP) is 4.08. The smallest absolute Gasteiger partial charge is 0.209 e. The Hall–Kier alpha value is -0.100. The summed E-state index contributed by atoms with van der Waals surface area (Å²) in [6.07, 6.45) is 7.45. The van der Waals surface area contributed by atoms with Crippen LogP contribution in [-0.2, 0) is 0 Å². The molecule has 0 atom stereocenters. The molecule has 108 valence electrons. The normalized spacial score (nSPS) is 17.2. The van der Waals surface area contributed by atoms with Gasteiger partial charge in [-0.05, 0) is 41.5 Å². The quantitative estimate of drug-likeness (QED) is 0.551. The second kappa shape index (κ2) is 7.07. The van der Waals surface area contributed by atoms with Crippen LogP contribution in [-0.4, -0.2) is 31.3 Å². The van der Waals surface area contributed by atoms with Crippen molar-refractivity contribution < 1.29 is 0 Å². The van der Waals surface area contributed by atoms with Gasteiger partial charge in [-0.3, -0.25) is 0 Å². The van der Waals surface area contributed by atoms with Gasteiger partial charge in [0, 0.05) is 11.1 Å². The number of tetrazole rings is 1. The third-order valence-electron chi connectivity index (χ3n) is 4.42. The van der Waals surface area contributed by atoms with Crippen LogP contribution < -0.4 is 0 Å². The fourth-order valence-corrected chi connectivity index (χ4v) is 5.17. The second-order valence-corrected chi connectivity index (χ2v) is 6.98. The van der Waals surface area contributed by atoms with Crippen LogP contribution in [0.15, 0.2) is 5.16 Å². The lowest BCUT2D eigenvalue weighted by molar-refractivity contribution is 0.358. The topological polar surface area (TPSA) is 43.6 Å². The lowest BCUT2D eigenvalue weighted by atomic mass is 9.87. The molecule has 1 heterocycles. The summed E-state index contributed by atoms with van der Waals surface area (Å²) in [4.78, 5) is 0. The highest BCUT2D eigenvalue weighted by molar-refractivity contribution is 9.09. The first-order valence-corrected chi connectivity index (χ1v) is 9.32. The lowest BCUT2D eigenvalue weighted by Crippen LogP contribution is -2.24. The third-order valence-corrected chi connectivity index (χ3v) is 6.90. The van der Waals surface area contributed by atoms with Crippen LogP contribution in [0.4, 0.5) is 0 Å². The minimum atomic E-state index is 0.358. The van der Waals surface area contributed by atoms with Gasteiger partial charge in [0.2, 0.25) is 5.16 Å². The Morgan fingerprint density at radius 1 is 1.32 bits per heavy atom. The van der Waals surface area contributed by atoms with Gasteiger partial charge in [0.25, 0.3) is 0 Å². The highest BCUT2D eigenvalue weighted by atomic mass is 79.9. The maximum atomic E-state index is 4.22. The Labute approximate surface area is 128 Å². The average Bonchev–Trinajstić information content (AvgIpc) is 3.11. The number of halogens is 1. The standard InChI is InChI=1S/C13H23BrN4S/c1-3-13(4-2,9-14)10-19-12-15-16-17-18(12)11-7-5-6-8-11/h11H,3-10H2,1-2H3. The highest BCUT2D eigenvalue weighted by Crippen LogP contribution is 2.37. The van der Waals surface area contributed by atoms with E-state index >= 15 is 0 Å². The maximum absolute atomic E-state index is 4.22. The van der Waals surface area contributed by atoms with E-state index in [0.29, 0.717) is 11.5 Å². The Morgan fingerprint density at radius 3 is 2.58 bits per heavy atom. The molecular weight excluding hydrogens is 324 g/mol. The Balaban J connectivity index is 2.01. The monoisotopic (exact) mass is 346 g/mol. The molecular formula is C13H23BrN4S. The summed E-state index contributed by atoms with van der Waals surface area (Å²) in [6, 6.07) is 0.527. The average molecular weight is 347 g/mol. The fraction of sp³-hybridized carbons (Fsp3) is 0.923. The molecule has 1 aromatic rings. The van der Waals surface area contributed by atoms with Gasteiger partial charge in [-0.25, -0.2) is 4.68 Å². The molecule has 0 aromatic carbocycles. The molecule has 6 heteroatoms. The van der Waals surface area contributed by atoms with Crippen molar-refractivity contribution in [3.63, 3.8) is 0 Å². The number of thioether (sulfide) groups is 1. The van der Waals surface area contributed by atoms with Crippen LogP contribution in [0.1, 0.15) is 58.4 Å². The van der Waals surface area contributed by atoms with Crippen molar-refractivity contribution in [2.24, 2.45) is 5.41 Å². The van der Waals surface area contributed by atoms with E-state index in [-0.39, 0.29) is 0 Å². The van der Waals surface area contributed by atoms with Crippen LogP contribution in [0.2, 0.25) is 0 Å². The molecule has 1 fully saturated rings. The van der Waals surface area contributed by atoms with Gasteiger partial charge in [-0.2, -0.15) is 0 Å². The van der Waals surface area contributed by atoms with Crippen molar-refractivity contribution in [1.82, 2.24) is 20.2 Å². The third kappa shape index (κ3) is 3.51. The first-order valence-electron chi connectivity index (χ1n) is 7.21. The van der Waals surface area contributed by atoms with E-state index in [1.165, 1.54) is 38.5 Å². The van der Waals surface area contributed by atoms with E-state index in [1.54, 1.807) is 0 Å². The Kier molecular flexibility index (Phi) is 5.69. The molecule has 4 nitrogen and oxygen atoms in total. The number of aromatic nitrogens is 4. The molecule has 19 heavy (non-hydrogen) atoms. The van der Waals surface area contributed by atoms with E-state index in [0.717, 1.165) is 16.2 Å². The predicted molar refractivity (Wildman–Crippen MR) is 82.9 cm³/mol. The molecule has 0 radical (unpaired) electrons. The summed E-state index contributed by atoms with van der Waals surface area (Å²) in [5.74, 6) is 1.08. The van der Waals surface area contributed by atoms with Gasteiger partial charge < -0.3 is 0 Å². The summed E-state index contributed by atoms with van der Waals surface area (Å²) in [5.41, 5.74) is 0.358. The maximum Gasteiger partial charge on any atom is 0.209 e. The second-order valence-electron chi connectivity index (χ2n) is 5.47. The van der Waals surface area contributed by atoms with Crippen molar-refractivity contribution in [3.05, 3.63) is 0 Å². The van der Waals surface area contributed by atoms with Crippen molar-refractivity contribution in [1.29, 1.82) is 0 Å². The zero-order chi connectivity index (χ0) is 13.7. The number of hydrogen-bond acceptors (Lipinski definition) is 4. The summed E-state index contributed by atoms with van der Waals surface area (Å²) in [7, 11) is 0. The summed E-state index contributed by atoms with van der Waals surface area (Å²) in [6.45, 7) is 4.54. The molecule has 0 amide bonds. The van der Waals surface area contributed by atoms with Gasteiger partial charge in [0.1, 0.15) is 0 Å². The van der Waals surface area contributed by atoms with Crippen molar-refractivity contribution in [2.75, 3.05) is 11.1 Å². The summed E-state index contributed by atoms with van der Waals surface area (Å²) < 4.78 is 2.06. The number of hydrogen-bond donors (Lipinski definition) is 0. The molecule has 0 aliphatic heterocycles. The van der Waals surface area contributed by atoms with Crippen LogP contribution in [0, 0.1) is 5.41 Å². The molecule has 0 bridgehead atoms. The van der Waals surface area contributed by atoms with Crippen molar-refractivity contribution in [3.8, 4) is 0 Å². The van der Waals surface area contributed by atoms with Gasteiger partial charge in [0.15, 0.2) is 0 Å². The van der Waals surface area contributed by atoms with Gasteiger partial charge in [-0.15, -0.1) is 5.10 Å². The largest absolute Gasteiger partial charge is 0.217 e. The lowest BCUT2D eigenvalue weighted by Gasteiger charge is -2.28. The minimum absolute atomic E-state index is 0.358. The van der Waals surface area contributed by atoms with Gasteiger partial charge >= 0.3 is 0 Å². The van der Waals surface area contributed by atoms with E-state index in [9.17, 15) is 0 Å². The van der Waals surface area contributed by atoms with Crippen LogP contribution in [0.3, 0.4) is 0 Å². The van der Waals surface area contributed by atoms with E-state index in [2.05, 4.69) is 50.0 Å². The zero-order valence-electron chi connectivity index (χ0n) is 11.8. The number of nitrogens with zero attached hydrogens (tertiary/aromatic N) is 4. The van der Waals surface area contributed by atoms with Crippen LogP contribution >= 0.6 is 27.7 Å². The Morgan fingerprint density at radius 2 is 2.00 bits per heavy atom. The van der Waals surface area contributed by atoms with E-state index in [4.69, 9.17) is 0 Å². The first kappa shape index (κ1) is 15.3. The van der Waals surface area contributed by atoms with E-state index < -0.39 is 0 Å². The van der Waals surface area contributed by atoms with Crippen LogP contribution in [0.25, 0.3) is 0 Å². The molecule has 2 rings (SSSR count). The van der Waals surface area contributed by atoms with Crippen molar-refractivity contribution in [2.45, 2.75) is 63.6 Å². The van der Waals surface area contributed by atoms with E-state index in [1.807, 2.05) is 11.8 Å². The molecule has 1 aromatic heterocycles. The molecule has 0 spiro atoms. The van der Waals surface area contributed by atoms with Crippen molar-refractivity contribution >= 4 is 27.7 Å². The zero-order valence-corrected chi connectivity index (χ0v) is 14.2. The molecule has 0 N–H and O–H groups in total. The molecule has 1 aliphatic carbocycles. The molecule has 0 unspecified atom stereocenters. The number of alkyl halides is 1. The highest BCUT2D eigenvalue weighted by Gasteiger charge is 2.27. The van der Waals surface area contributed by atoms with Crippen LogP contribution in [0.5, 0.6) is 0 Å². The van der Waals surface area contributed by atoms with Gasteiger partial charge in [-0.1, -0.05) is 54.4 Å². The fourth-order valence-electron chi connectivity index (χ4n) is 2.56. The Bertz CT molecular complexity index is 377. The number of rotatable bonds is 7. The SMILES string of the molecule is CCC(CC)(CBr)CSc1nnnn1C1CCCC1. The molecule has 1 aliphatic rings.